The highest BCUT2D eigenvalue weighted by molar-refractivity contribution is 5.86. The van der Waals surface area contributed by atoms with Crippen molar-refractivity contribution in [1.29, 1.82) is 0 Å². The molecule has 0 aliphatic rings. The summed E-state index contributed by atoms with van der Waals surface area (Å²) in [6.45, 7) is 2.62. The molecule has 3 N–H and O–H groups in total. The van der Waals surface area contributed by atoms with E-state index in [0.717, 1.165) is 11.1 Å². The maximum atomic E-state index is 11.7. The van der Waals surface area contributed by atoms with E-state index in [2.05, 4.69) is 0 Å². The molecule has 0 aliphatic heterocycles. The monoisotopic (exact) mass is 308 g/mol. The lowest BCUT2D eigenvalue weighted by atomic mass is 9.96. The molecule has 0 heterocycles. The zero-order chi connectivity index (χ0) is 16.8. The summed E-state index contributed by atoms with van der Waals surface area (Å²) < 4.78 is 5.12. The molecular weight excluding hydrogens is 284 g/mol. The number of phenolic OH excluding ortho intramolecular Hbond substituents is 1. The number of hydrogen-bond donors (Lipinski definition) is 3. The molecule has 0 amide bonds. The van der Waals surface area contributed by atoms with E-state index in [9.17, 15) is 15.0 Å². The van der Waals surface area contributed by atoms with Gasteiger partial charge in [-0.2, -0.15) is 0 Å². The Labute approximate surface area is 130 Å². The maximum Gasteiger partial charge on any atom is 0.166 e. The fourth-order valence-electron chi connectivity index (χ4n) is 1.91. The Morgan fingerprint density at radius 2 is 2.05 bits per heavy atom. The van der Waals surface area contributed by atoms with Gasteiger partial charge < -0.3 is 20.1 Å². The lowest BCUT2D eigenvalue weighted by Crippen LogP contribution is -2.38. The number of carbonyl (C=O) groups excluding carboxylic acids is 1. The second-order valence-corrected chi connectivity index (χ2v) is 5.60. The predicted octanol–water partition coefficient (Wildman–Crippen LogP) is 1.98. The highest BCUT2D eigenvalue weighted by atomic mass is 16.5. The average molecular weight is 308 g/mol. The van der Waals surface area contributed by atoms with E-state index in [1.807, 2.05) is 13.0 Å². The van der Waals surface area contributed by atoms with E-state index in [1.54, 1.807) is 25.3 Å². The molecule has 0 saturated heterocycles. The van der Waals surface area contributed by atoms with Crippen molar-refractivity contribution in [3.63, 3.8) is 0 Å². The van der Waals surface area contributed by atoms with Crippen LogP contribution in [0.25, 0.3) is 0 Å². The topological polar surface area (TPSA) is 87.0 Å². The molecule has 0 aliphatic carbocycles. The molecule has 0 saturated carbocycles. The Morgan fingerprint density at radius 1 is 1.36 bits per heavy atom. The first kappa shape index (κ1) is 18.2. The van der Waals surface area contributed by atoms with Gasteiger partial charge in [-0.3, -0.25) is 4.79 Å². The van der Waals surface area contributed by atoms with Gasteiger partial charge in [0.15, 0.2) is 5.78 Å². The van der Waals surface area contributed by atoms with Crippen LogP contribution in [0, 0.1) is 0 Å². The molecule has 0 fully saturated rings. The molecule has 1 aromatic rings. The summed E-state index contributed by atoms with van der Waals surface area (Å²) in [6.07, 6.45) is 3.12. The van der Waals surface area contributed by atoms with Crippen LogP contribution in [0.1, 0.15) is 32.3 Å². The number of ether oxygens (including phenoxy) is 1. The van der Waals surface area contributed by atoms with Gasteiger partial charge in [0.25, 0.3) is 0 Å². The van der Waals surface area contributed by atoms with Crippen molar-refractivity contribution in [3.8, 4) is 11.5 Å². The lowest BCUT2D eigenvalue weighted by Gasteiger charge is -2.18. The van der Waals surface area contributed by atoms with Crippen LogP contribution in [-0.2, 0) is 11.2 Å². The number of carbonyl (C=O) groups is 1. The molecule has 0 bridgehead atoms. The summed E-state index contributed by atoms with van der Waals surface area (Å²) in [5, 5.41) is 28.4. The van der Waals surface area contributed by atoms with Crippen molar-refractivity contribution in [2.45, 2.75) is 38.7 Å². The third-order valence-corrected chi connectivity index (χ3v) is 3.61. The number of benzene rings is 1. The molecule has 122 valence electrons. The Bertz CT molecular complexity index is 546. The van der Waals surface area contributed by atoms with Crippen molar-refractivity contribution in [1.82, 2.24) is 0 Å². The van der Waals surface area contributed by atoms with Crippen LogP contribution in [0.5, 0.6) is 11.5 Å². The van der Waals surface area contributed by atoms with Gasteiger partial charge in [0, 0.05) is 12.0 Å². The van der Waals surface area contributed by atoms with Gasteiger partial charge in [0.2, 0.25) is 0 Å². The quantitative estimate of drug-likeness (QED) is 0.639. The molecular formula is C17H24O5. The normalized spacial score (nSPS) is 14.5. The van der Waals surface area contributed by atoms with Gasteiger partial charge in [-0.05, 0) is 44.9 Å². The average Bonchev–Trinajstić information content (AvgIpc) is 2.51. The zero-order valence-corrected chi connectivity index (χ0v) is 13.3. The van der Waals surface area contributed by atoms with E-state index in [4.69, 9.17) is 9.84 Å². The summed E-state index contributed by atoms with van der Waals surface area (Å²) in [5.41, 5.74) is 0.0439. The zero-order valence-electron chi connectivity index (χ0n) is 13.3. The van der Waals surface area contributed by atoms with Gasteiger partial charge in [-0.15, -0.1) is 0 Å². The van der Waals surface area contributed by atoms with E-state index < -0.39 is 12.2 Å². The van der Waals surface area contributed by atoms with Gasteiger partial charge in [0.05, 0.1) is 13.7 Å². The molecule has 0 spiro atoms. The van der Waals surface area contributed by atoms with E-state index in [1.165, 1.54) is 6.92 Å². The SMILES string of the molecule is COc1ccc(O)c(C/C=C(\C)CCC(=O)[C@@](C)(O)CO)c1. The van der Waals surface area contributed by atoms with Crippen LogP contribution in [0.4, 0.5) is 0 Å². The number of hydrogen-bond acceptors (Lipinski definition) is 5. The van der Waals surface area contributed by atoms with Crippen LogP contribution in [0.3, 0.4) is 0 Å². The van der Waals surface area contributed by atoms with Crippen LogP contribution >= 0.6 is 0 Å². The number of allylic oxidation sites excluding steroid dienone is 2. The second kappa shape index (κ2) is 7.96. The maximum absolute atomic E-state index is 11.7. The summed E-state index contributed by atoms with van der Waals surface area (Å²) in [5.74, 6) is 0.490. The van der Waals surface area contributed by atoms with Crippen molar-refractivity contribution < 1.29 is 24.9 Å². The fourth-order valence-corrected chi connectivity index (χ4v) is 1.91. The highest BCUT2D eigenvalue weighted by Crippen LogP contribution is 2.24. The summed E-state index contributed by atoms with van der Waals surface area (Å²) in [7, 11) is 1.57. The van der Waals surface area contributed by atoms with Crippen LogP contribution in [-0.4, -0.2) is 40.4 Å². The largest absolute Gasteiger partial charge is 0.508 e. The van der Waals surface area contributed by atoms with Crippen LogP contribution < -0.4 is 4.74 Å². The Balaban J connectivity index is 2.62. The van der Waals surface area contributed by atoms with Crippen molar-refractivity contribution in [2.75, 3.05) is 13.7 Å². The Morgan fingerprint density at radius 3 is 2.64 bits per heavy atom. The minimum absolute atomic E-state index is 0.167. The number of ketones is 1. The predicted molar refractivity (Wildman–Crippen MR) is 84.1 cm³/mol. The minimum Gasteiger partial charge on any atom is -0.508 e. The molecule has 22 heavy (non-hydrogen) atoms. The van der Waals surface area contributed by atoms with Crippen LogP contribution in [0.2, 0.25) is 0 Å². The Kier molecular flexibility index (Phi) is 6.59. The van der Waals surface area contributed by atoms with Gasteiger partial charge in [-0.1, -0.05) is 11.6 Å². The summed E-state index contributed by atoms with van der Waals surface area (Å²) >= 11 is 0. The van der Waals surface area contributed by atoms with Gasteiger partial charge >= 0.3 is 0 Å². The fraction of sp³-hybridized carbons (Fsp3) is 0.471. The van der Waals surface area contributed by atoms with Gasteiger partial charge in [-0.25, -0.2) is 0 Å². The molecule has 5 nitrogen and oxygen atoms in total. The number of aliphatic hydroxyl groups excluding tert-OH is 1. The molecule has 0 radical (unpaired) electrons. The number of phenols is 1. The first-order valence-corrected chi connectivity index (χ1v) is 7.18. The first-order chi connectivity index (χ1) is 10.3. The number of rotatable bonds is 8. The number of methoxy groups -OCH3 is 1. The third kappa shape index (κ3) is 5.16. The smallest absolute Gasteiger partial charge is 0.166 e. The van der Waals surface area contributed by atoms with E-state index in [-0.39, 0.29) is 18.0 Å². The van der Waals surface area contributed by atoms with Crippen LogP contribution in [0.15, 0.2) is 29.8 Å². The molecule has 1 rings (SSSR count). The third-order valence-electron chi connectivity index (χ3n) is 3.61. The lowest BCUT2D eigenvalue weighted by molar-refractivity contribution is -0.139. The van der Waals surface area contributed by atoms with Crippen molar-refractivity contribution in [2.24, 2.45) is 0 Å². The van der Waals surface area contributed by atoms with Crippen molar-refractivity contribution >= 4 is 5.78 Å². The Hall–Kier alpha value is -1.85. The second-order valence-electron chi connectivity index (χ2n) is 5.60. The summed E-state index contributed by atoms with van der Waals surface area (Å²) in [6, 6.07) is 5.03. The number of Topliss-reactive ketones (excluding diaryl/α,β-unsaturated/α-hetero) is 1. The number of aliphatic hydroxyl groups is 2. The molecule has 1 atom stereocenters. The van der Waals surface area contributed by atoms with E-state index >= 15 is 0 Å². The standard InChI is InChI=1S/C17H24O5/c1-12(5-9-16(20)17(2,21)11-18)4-6-13-10-14(22-3)7-8-15(13)19/h4,7-8,10,18-19,21H,5-6,9,11H2,1-3H3/b12-4+/t17-/m0/s1. The summed E-state index contributed by atoms with van der Waals surface area (Å²) in [4.78, 5) is 11.7. The van der Waals surface area contributed by atoms with E-state index in [0.29, 0.717) is 18.6 Å². The minimum atomic E-state index is -1.68. The molecule has 0 unspecified atom stereocenters. The van der Waals surface area contributed by atoms with Gasteiger partial charge in [0.1, 0.15) is 17.1 Å². The number of aromatic hydroxyl groups is 1. The highest BCUT2D eigenvalue weighted by Gasteiger charge is 2.28. The first-order valence-electron chi connectivity index (χ1n) is 7.18. The molecule has 5 heteroatoms. The van der Waals surface area contributed by atoms with Crippen molar-refractivity contribution in [3.05, 3.63) is 35.4 Å². The molecule has 0 aromatic heterocycles. The molecule has 1 aromatic carbocycles.